The van der Waals surface area contributed by atoms with Crippen molar-refractivity contribution in [3.05, 3.63) is 53.6 Å². The number of nitrogen functional groups attached to an aromatic ring is 1. The van der Waals surface area contributed by atoms with Gasteiger partial charge >= 0.3 is 11.8 Å². The van der Waals surface area contributed by atoms with Gasteiger partial charge in [0.25, 0.3) is 0 Å². The lowest BCUT2D eigenvalue weighted by Crippen LogP contribution is -2.76. The molecular formula is C18H21N2O5+. The summed E-state index contributed by atoms with van der Waals surface area (Å²) in [6.45, 7) is 1.65. The number of hydrogen-bond acceptors (Lipinski definition) is 5. The van der Waals surface area contributed by atoms with Crippen molar-refractivity contribution in [2.24, 2.45) is 5.73 Å². The van der Waals surface area contributed by atoms with E-state index < -0.39 is 5.97 Å². The molecular weight excluding hydrogens is 324 g/mol. The zero-order chi connectivity index (χ0) is 18.2. The van der Waals surface area contributed by atoms with E-state index in [1.165, 1.54) is 7.11 Å². The Morgan fingerprint density at radius 2 is 1.76 bits per heavy atom. The van der Waals surface area contributed by atoms with E-state index in [4.69, 9.17) is 24.8 Å². The Morgan fingerprint density at radius 1 is 1.04 bits per heavy atom. The van der Waals surface area contributed by atoms with Crippen LogP contribution in [0, 0.1) is 6.92 Å². The van der Waals surface area contributed by atoms with Gasteiger partial charge in [-0.3, -0.25) is 10.6 Å². The first-order chi connectivity index (χ1) is 12.0. The molecule has 0 fully saturated rings. The van der Waals surface area contributed by atoms with E-state index >= 15 is 0 Å². The average molecular weight is 345 g/mol. The molecule has 0 saturated heterocycles. The first-order valence-electron chi connectivity index (χ1n) is 7.54. The van der Waals surface area contributed by atoms with Crippen LogP contribution in [0.4, 0.5) is 0 Å². The van der Waals surface area contributed by atoms with E-state index in [0.29, 0.717) is 22.8 Å². The summed E-state index contributed by atoms with van der Waals surface area (Å²) in [6, 6.07) is 12.5. The maximum absolute atomic E-state index is 11.8. The number of hydrogen-bond donors (Lipinski definition) is 2. The summed E-state index contributed by atoms with van der Waals surface area (Å²) in [6.07, 6.45) is 0. The van der Waals surface area contributed by atoms with Crippen LogP contribution in [-0.2, 0) is 9.63 Å². The fraction of sp³-hybridized carbons (Fsp3) is 0.222. The molecule has 0 heterocycles. The number of methoxy groups -OCH3 is 2. The molecule has 0 atom stereocenters. The molecule has 7 heteroatoms. The van der Waals surface area contributed by atoms with Crippen LogP contribution in [0.5, 0.6) is 17.2 Å². The van der Waals surface area contributed by atoms with Crippen molar-refractivity contribution in [1.29, 1.82) is 0 Å². The van der Waals surface area contributed by atoms with Crippen LogP contribution in [-0.4, -0.2) is 32.6 Å². The second-order valence-electron chi connectivity index (χ2n) is 5.11. The number of nitrogens with two attached hydrogens (primary N) is 1. The Labute approximate surface area is 145 Å². The third kappa shape index (κ3) is 4.87. The third-order valence-electron chi connectivity index (χ3n) is 3.41. The normalized spacial score (nSPS) is 10.9. The number of carbonyl (C=O) groups excluding carboxylic acids is 1. The molecule has 0 unspecified atom stereocenters. The summed E-state index contributed by atoms with van der Waals surface area (Å²) in [5, 5.41) is 2.41. The van der Waals surface area contributed by atoms with E-state index in [0.717, 1.165) is 5.56 Å². The molecule has 2 rings (SSSR count). The molecule has 3 N–H and O–H groups in total. The van der Waals surface area contributed by atoms with Gasteiger partial charge in [-0.25, -0.2) is 4.79 Å². The molecule has 7 nitrogen and oxygen atoms in total. The summed E-state index contributed by atoms with van der Waals surface area (Å²) in [5.74, 6) is 1.26. The smallest absolute Gasteiger partial charge is 0.394 e. The summed E-state index contributed by atoms with van der Waals surface area (Å²) in [7, 11) is 3.06. The minimum Gasteiger partial charge on any atom is -0.493 e. The number of para-hydroxylation sites is 1. The minimum absolute atomic E-state index is 0.158. The van der Waals surface area contributed by atoms with Gasteiger partial charge in [-0.1, -0.05) is 23.4 Å². The lowest BCUT2D eigenvalue weighted by molar-refractivity contribution is -0.724. The third-order valence-corrected chi connectivity index (χ3v) is 3.41. The van der Waals surface area contributed by atoms with Crippen molar-refractivity contribution in [2.45, 2.75) is 6.92 Å². The maximum Gasteiger partial charge on any atom is 0.394 e. The van der Waals surface area contributed by atoms with Crippen molar-refractivity contribution < 1.29 is 29.0 Å². The zero-order valence-electron chi connectivity index (χ0n) is 14.4. The quantitative estimate of drug-likeness (QED) is 0.325. The molecule has 2 aromatic carbocycles. The van der Waals surface area contributed by atoms with Crippen molar-refractivity contribution in [3.63, 3.8) is 0 Å². The van der Waals surface area contributed by atoms with Gasteiger partial charge in [0.2, 0.25) is 0 Å². The predicted octanol–water partition coefficient (Wildman–Crippen LogP) is 0.335. The Balaban J connectivity index is 1.96. The second-order valence-corrected chi connectivity index (χ2v) is 5.11. The van der Waals surface area contributed by atoms with Gasteiger partial charge in [0.1, 0.15) is 5.75 Å². The number of nitrogens with one attached hydrogen (secondary N) is 1. The monoisotopic (exact) mass is 345 g/mol. The molecule has 0 aromatic heterocycles. The fourth-order valence-corrected chi connectivity index (χ4v) is 2.06. The summed E-state index contributed by atoms with van der Waals surface area (Å²) < 4.78 is 15.8. The topological polar surface area (TPSA) is 94.0 Å². The van der Waals surface area contributed by atoms with Crippen molar-refractivity contribution >= 4 is 11.8 Å². The molecule has 25 heavy (non-hydrogen) atoms. The van der Waals surface area contributed by atoms with E-state index in [9.17, 15) is 4.79 Å². The number of aryl methyl sites for hydroxylation is 1. The molecule has 2 aromatic rings. The van der Waals surface area contributed by atoms with E-state index in [1.807, 2.05) is 25.1 Å². The first kappa shape index (κ1) is 18.1. The number of carbonyl (C=O) groups is 1. The van der Waals surface area contributed by atoms with Crippen molar-refractivity contribution in [3.8, 4) is 17.2 Å². The van der Waals surface area contributed by atoms with Crippen LogP contribution >= 0.6 is 0 Å². The Morgan fingerprint density at radius 3 is 2.44 bits per heavy atom. The molecule has 0 aliphatic heterocycles. The van der Waals surface area contributed by atoms with Gasteiger partial charge < -0.3 is 14.2 Å². The van der Waals surface area contributed by atoms with Gasteiger partial charge in [-0.15, -0.1) is 0 Å². The summed E-state index contributed by atoms with van der Waals surface area (Å²) in [5.41, 5.74) is 7.40. The molecule has 0 aliphatic carbocycles. The highest BCUT2D eigenvalue weighted by Crippen LogP contribution is 2.27. The number of ether oxygens (including phenoxy) is 3. The summed E-state index contributed by atoms with van der Waals surface area (Å²) in [4.78, 5) is 16.7. The molecule has 0 bridgehead atoms. The van der Waals surface area contributed by atoms with Crippen LogP contribution < -0.4 is 25.1 Å². The Kier molecular flexibility index (Phi) is 6.22. The Bertz CT molecular complexity index is 774. The molecule has 0 saturated carbocycles. The van der Waals surface area contributed by atoms with Crippen LogP contribution in [0.15, 0.2) is 42.5 Å². The van der Waals surface area contributed by atoms with Crippen molar-refractivity contribution in [1.82, 2.24) is 0 Å². The van der Waals surface area contributed by atoms with E-state index in [-0.39, 0.29) is 12.4 Å². The standard InChI is InChI=1S/C18H20N2O5/c1-12-6-4-5-7-14(12)24-11-17(21)25-20-18(19)13-8-9-15(22-2)16(10-13)23-3/h4-10H,11H2,1-3H3,(H2,19,20)/p+1. The lowest BCUT2D eigenvalue weighted by atomic mass is 10.2. The van der Waals surface area contributed by atoms with Crippen molar-refractivity contribution in [2.75, 3.05) is 20.8 Å². The molecule has 0 amide bonds. The van der Waals surface area contributed by atoms with E-state index in [1.54, 1.807) is 31.4 Å². The minimum atomic E-state index is -0.605. The van der Waals surface area contributed by atoms with Gasteiger partial charge in [-0.2, -0.15) is 0 Å². The van der Waals surface area contributed by atoms with Crippen LogP contribution in [0.25, 0.3) is 0 Å². The molecule has 0 aliphatic rings. The second kappa shape index (κ2) is 8.58. The Hall–Kier alpha value is -3.22. The number of benzene rings is 2. The SMILES string of the molecule is COc1ccc(C(N)=[NH+]OC(=O)COc2ccccc2C)cc1OC. The number of amidine groups is 1. The number of rotatable bonds is 7. The maximum atomic E-state index is 11.8. The average Bonchev–Trinajstić information content (AvgIpc) is 2.64. The van der Waals surface area contributed by atoms with Gasteiger partial charge in [0, 0.05) is 0 Å². The zero-order valence-corrected chi connectivity index (χ0v) is 14.4. The van der Waals surface area contributed by atoms with Gasteiger partial charge in [0.15, 0.2) is 18.1 Å². The van der Waals surface area contributed by atoms with Crippen LogP contribution in [0.1, 0.15) is 11.1 Å². The van der Waals surface area contributed by atoms with Crippen LogP contribution in [0.2, 0.25) is 0 Å². The molecule has 0 spiro atoms. The molecule has 132 valence electrons. The summed E-state index contributed by atoms with van der Waals surface area (Å²) >= 11 is 0. The first-order valence-corrected chi connectivity index (χ1v) is 7.54. The molecule has 0 radical (unpaired) electrons. The predicted molar refractivity (Wildman–Crippen MR) is 91.6 cm³/mol. The highest BCUT2D eigenvalue weighted by Gasteiger charge is 2.13. The van der Waals surface area contributed by atoms with Gasteiger partial charge in [0.05, 0.1) is 19.8 Å². The fourth-order valence-electron chi connectivity index (χ4n) is 2.06. The van der Waals surface area contributed by atoms with Gasteiger partial charge in [-0.05, 0) is 36.8 Å². The van der Waals surface area contributed by atoms with Crippen LogP contribution in [0.3, 0.4) is 0 Å². The highest BCUT2D eigenvalue weighted by atomic mass is 16.7. The van der Waals surface area contributed by atoms with E-state index in [2.05, 4.69) is 5.16 Å². The lowest BCUT2D eigenvalue weighted by Gasteiger charge is -2.08. The largest absolute Gasteiger partial charge is 0.493 e. The highest BCUT2D eigenvalue weighted by molar-refractivity contribution is 5.93.